The maximum atomic E-state index is 12.2. The zero-order valence-corrected chi connectivity index (χ0v) is 16.5. The van der Waals surface area contributed by atoms with E-state index in [0.29, 0.717) is 19.6 Å². The van der Waals surface area contributed by atoms with E-state index in [4.69, 9.17) is 4.74 Å². The van der Waals surface area contributed by atoms with Gasteiger partial charge >= 0.3 is 0 Å². The van der Waals surface area contributed by atoms with Gasteiger partial charge < -0.3 is 4.74 Å². The van der Waals surface area contributed by atoms with Crippen LogP contribution in [0.25, 0.3) is 0 Å². The van der Waals surface area contributed by atoms with Crippen LogP contribution in [0.2, 0.25) is 0 Å². The van der Waals surface area contributed by atoms with Crippen LogP contribution in [-0.2, 0) is 24.1 Å². The second-order valence-corrected chi connectivity index (χ2v) is 7.57. The van der Waals surface area contributed by atoms with Crippen molar-refractivity contribution >= 4 is 22.9 Å². The van der Waals surface area contributed by atoms with Crippen molar-refractivity contribution in [1.29, 1.82) is 0 Å². The number of amides is 2. The van der Waals surface area contributed by atoms with Gasteiger partial charge in [-0.25, -0.2) is 0 Å². The Labute approximate surface area is 164 Å². The molecule has 3 rings (SSSR count). The molecule has 27 heavy (non-hydrogen) atoms. The van der Waals surface area contributed by atoms with E-state index in [1.807, 2.05) is 43.5 Å². The molecule has 5 nitrogen and oxygen atoms in total. The number of hydrogen-bond acceptors (Lipinski definition) is 5. The predicted octanol–water partition coefficient (Wildman–Crippen LogP) is 3.89. The van der Waals surface area contributed by atoms with Crippen molar-refractivity contribution in [2.45, 2.75) is 38.4 Å². The van der Waals surface area contributed by atoms with E-state index in [0.717, 1.165) is 41.6 Å². The van der Waals surface area contributed by atoms with Crippen molar-refractivity contribution in [2.24, 2.45) is 0 Å². The van der Waals surface area contributed by atoms with Gasteiger partial charge in [-0.05, 0) is 49.1 Å². The van der Waals surface area contributed by atoms with E-state index in [1.165, 1.54) is 10.5 Å². The molecule has 2 amide bonds. The molecule has 1 atom stereocenters. The maximum absolute atomic E-state index is 12.2. The second-order valence-electron chi connectivity index (χ2n) is 6.41. The van der Waals surface area contributed by atoms with Gasteiger partial charge in [0.2, 0.25) is 5.91 Å². The summed E-state index contributed by atoms with van der Waals surface area (Å²) in [7, 11) is 0. The van der Waals surface area contributed by atoms with Gasteiger partial charge in [-0.2, -0.15) is 0 Å². The van der Waals surface area contributed by atoms with E-state index >= 15 is 0 Å². The minimum Gasteiger partial charge on any atom is -0.493 e. The Morgan fingerprint density at radius 2 is 1.81 bits per heavy atom. The minimum absolute atomic E-state index is 0.0885. The Bertz CT molecular complexity index is 790. The number of thioether (sulfide) groups is 1. The summed E-state index contributed by atoms with van der Waals surface area (Å²) in [5.74, 6) is 0.704. The third-order valence-electron chi connectivity index (χ3n) is 4.59. The zero-order chi connectivity index (χ0) is 19.2. The average Bonchev–Trinajstić information content (AvgIpc) is 2.96. The number of aromatic nitrogens is 1. The second kappa shape index (κ2) is 9.04. The third-order valence-corrected chi connectivity index (χ3v) is 5.66. The Hall–Kier alpha value is -2.34. The smallest absolute Gasteiger partial charge is 0.289 e. The summed E-state index contributed by atoms with van der Waals surface area (Å²) in [4.78, 5) is 29.7. The molecule has 6 heteroatoms. The number of imide groups is 1. The molecule has 1 fully saturated rings. The van der Waals surface area contributed by atoms with Crippen molar-refractivity contribution < 1.29 is 14.3 Å². The Morgan fingerprint density at radius 3 is 2.41 bits per heavy atom. The highest BCUT2D eigenvalue weighted by Crippen LogP contribution is 2.29. The van der Waals surface area contributed by atoms with Crippen molar-refractivity contribution in [3.63, 3.8) is 0 Å². The highest BCUT2D eigenvalue weighted by molar-refractivity contribution is 8.15. The molecule has 1 aliphatic heterocycles. The van der Waals surface area contributed by atoms with E-state index in [2.05, 4.69) is 18.0 Å². The van der Waals surface area contributed by atoms with E-state index in [1.54, 1.807) is 0 Å². The van der Waals surface area contributed by atoms with Crippen LogP contribution in [0, 0.1) is 0 Å². The maximum Gasteiger partial charge on any atom is 0.289 e. The fourth-order valence-electron chi connectivity index (χ4n) is 2.93. The van der Waals surface area contributed by atoms with Gasteiger partial charge in [0, 0.05) is 24.9 Å². The number of hydrogen-bond donors (Lipinski definition) is 0. The lowest BCUT2D eigenvalue weighted by molar-refractivity contribution is -0.126. The number of nitrogens with zero attached hydrogens (tertiary/aromatic N) is 2. The first-order valence-corrected chi connectivity index (χ1v) is 10.2. The Balaban J connectivity index is 1.48. The lowest BCUT2D eigenvalue weighted by Crippen LogP contribution is -2.31. The van der Waals surface area contributed by atoms with Gasteiger partial charge in [0.15, 0.2) is 0 Å². The largest absolute Gasteiger partial charge is 0.493 e. The van der Waals surface area contributed by atoms with Crippen molar-refractivity contribution in [1.82, 2.24) is 9.88 Å². The third kappa shape index (κ3) is 4.89. The van der Waals surface area contributed by atoms with E-state index < -0.39 is 0 Å². The molecule has 0 radical (unpaired) electrons. The molecule has 0 aliphatic carbocycles. The molecule has 2 heterocycles. The number of aryl methyl sites for hydroxylation is 1. The number of pyridine rings is 1. The van der Waals surface area contributed by atoms with Crippen LogP contribution in [-0.4, -0.2) is 39.4 Å². The summed E-state index contributed by atoms with van der Waals surface area (Å²) < 4.78 is 5.79. The van der Waals surface area contributed by atoms with Crippen LogP contribution in [0.5, 0.6) is 5.75 Å². The monoisotopic (exact) mass is 384 g/mol. The summed E-state index contributed by atoms with van der Waals surface area (Å²) >= 11 is 1.12. The Kier molecular flexibility index (Phi) is 6.50. The zero-order valence-electron chi connectivity index (χ0n) is 15.7. The predicted molar refractivity (Wildman–Crippen MR) is 107 cm³/mol. The summed E-state index contributed by atoms with van der Waals surface area (Å²) in [6.07, 6.45) is 4.22. The fraction of sp³-hybridized carbons (Fsp3) is 0.381. The van der Waals surface area contributed by atoms with Gasteiger partial charge in [-0.15, -0.1) is 0 Å². The van der Waals surface area contributed by atoms with Crippen LogP contribution < -0.4 is 4.74 Å². The number of rotatable bonds is 8. The normalized spacial score (nSPS) is 16.8. The van der Waals surface area contributed by atoms with Crippen molar-refractivity contribution in [3.05, 3.63) is 59.4 Å². The van der Waals surface area contributed by atoms with E-state index in [9.17, 15) is 9.59 Å². The molecular weight excluding hydrogens is 360 g/mol. The quantitative estimate of drug-likeness (QED) is 0.691. The molecule has 2 aromatic rings. The lowest BCUT2D eigenvalue weighted by atomic mass is 10.1. The van der Waals surface area contributed by atoms with Gasteiger partial charge in [-0.1, -0.05) is 36.9 Å². The first-order chi connectivity index (χ1) is 13.1. The summed E-state index contributed by atoms with van der Waals surface area (Å²) in [5, 5.41) is -0.464. The summed E-state index contributed by atoms with van der Waals surface area (Å²) in [6, 6.07) is 11.9. The molecule has 142 valence electrons. The molecule has 1 aliphatic rings. The highest BCUT2D eigenvalue weighted by Gasteiger charge is 2.38. The van der Waals surface area contributed by atoms with Crippen LogP contribution >= 0.6 is 11.8 Å². The van der Waals surface area contributed by atoms with E-state index in [-0.39, 0.29) is 16.4 Å². The molecular formula is C21H24N2O3S. The molecule has 0 spiro atoms. The summed E-state index contributed by atoms with van der Waals surface area (Å²) in [5.41, 5.74) is 3.28. The Morgan fingerprint density at radius 1 is 1.07 bits per heavy atom. The first kappa shape index (κ1) is 19.4. The van der Waals surface area contributed by atoms with Crippen LogP contribution in [0.1, 0.15) is 30.7 Å². The van der Waals surface area contributed by atoms with Crippen LogP contribution in [0.15, 0.2) is 42.6 Å². The number of carbonyl (C=O) groups is 2. The summed E-state index contributed by atoms with van der Waals surface area (Å²) in [6.45, 7) is 4.93. The van der Waals surface area contributed by atoms with Crippen LogP contribution in [0.3, 0.4) is 0 Å². The number of carbonyl (C=O) groups excluding carboxylic acids is 2. The van der Waals surface area contributed by atoms with Gasteiger partial charge in [-0.3, -0.25) is 19.5 Å². The standard InChI is InChI=1S/C21H24N2O3S/c1-3-15-5-8-17(22-14-15)11-12-26-18-9-6-16(7-10-18)13-19-20(24)23(4-2)21(25)27-19/h5-10,14,19H,3-4,11-13H2,1-2H3. The van der Waals surface area contributed by atoms with Gasteiger partial charge in [0.05, 0.1) is 11.9 Å². The molecule has 1 aromatic carbocycles. The van der Waals surface area contributed by atoms with Crippen molar-refractivity contribution in [2.75, 3.05) is 13.2 Å². The fourth-order valence-corrected chi connectivity index (χ4v) is 4.03. The molecule has 1 saturated heterocycles. The molecule has 0 bridgehead atoms. The number of benzene rings is 1. The van der Waals surface area contributed by atoms with Gasteiger partial charge in [0.25, 0.3) is 5.24 Å². The average molecular weight is 385 g/mol. The first-order valence-electron chi connectivity index (χ1n) is 9.28. The lowest BCUT2D eigenvalue weighted by Gasteiger charge is -2.11. The minimum atomic E-state index is -0.318. The SMILES string of the molecule is CCc1ccc(CCOc2ccc(CC3SC(=O)N(CC)C3=O)cc2)nc1. The number of ether oxygens (including phenoxy) is 1. The topological polar surface area (TPSA) is 59.5 Å². The molecule has 0 saturated carbocycles. The van der Waals surface area contributed by atoms with Crippen molar-refractivity contribution in [3.8, 4) is 5.75 Å². The molecule has 0 N–H and O–H groups in total. The molecule has 1 aromatic heterocycles. The van der Waals surface area contributed by atoms with Gasteiger partial charge in [0.1, 0.15) is 5.75 Å². The van der Waals surface area contributed by atoms with Crippen LogP contribution in [0.4, 0.5) is 4.79 Å². The highest BCUT2D eigenvalue weighted by atomic mass is 32.2. The molecule has 1 unspecified atom stereocenters.